The molecule has 1 aromatic carbocycles. The Morgan fingerprint density at radius 3 is 2.49 bits per heavy atom. The summed E-state index contributed by atoms with van der Waals surface area (Å²) in [5.74, 6) is -0.287. The van der Waals surface area contributed by atoms with E-state index in [0.29, 0.717) is 30.5 Å². The van der Waals surface area contributed by atoms with Gasteiger partial charge in [-0.15, -0.1) is 11.8 Å². The van der Waals surface area contributed by atoms with Crippen LogP contribution in [0.5, 0.6) is 11.5 Å². The van der Waals surface area contributed by atoms with E-state index < -0.39 is 12.1 Å². The van der Waals surface area contributed by atoms with E-state index in [1.54, 1.807) is 4.90 Å². The lowest BCUT2D eigenvalue weighted by Crippen LogP contribution is -2.52. The smallest absolute Gasteiger partial charge is 0.329 e. The van der Waals surface area contributed by atoms with Crippen molar-refractivity contribution < 1.29 is 29.3 Å². The van der Waals surface area contributed by atoms with Gasteiger partial charge in [0, 0.05) is 23.3 Å². The normalized spacial score (nSPS) is 33.3. The molecule has 5 unspecified atom stereocenters. The molecule has 4 aliphatic rings. The fraction of sp³-hybridized carbons (Fsp3) is 0.654. The summed E-state index contributed by atoms with van der Waals surface area (Å²) in [7, 11) is 0. The summed E-state index contributed by atoms with van der Waals surface area (Å²) in [4.78, 5) is 43.1. The molecule has 2 saturated heterocycles. The van der Waals surface area contributed by atoms with E-state index >= 15 is 0 Å². The molecule has 190 valence electrons. The molecule has 1 aromatic rings. The van der Waals surface area contributed by atoms with E-state index in [2.05, 4.69) is 20.8 Å². The zero-order valence-electron chi connectivity index (χ0n) is 20.5. The fourth-order valence-electron chi connectivity index (χ4n) is 6.66. The summed E-state index contributed by atoms with van der Waals surface area (Å²) in [5.41, 5.74) is 0.292. The van der Waals surface area contributed by atoms with Crippen molar-refractivity contribution in [2.75, 3.05) is 18.2 Å². The number of carbonyl (C=O) groups excluding carboxylic acids is 3. The van der Waals surface area contributed by atoms with Crippen LogP contribution in [-0.2, 0) is 14.3 Å². The van der Waals surface area contributed by atoms with Crippen molar-refractivity contribution in [3.8, 4) is 11.5 Å². The van der Waals surface area contributed by atoms with Crippen molar-refractivity contribution in [2.45, 2.75) is 71.1 Å². The predicted octanol–water partition coefficient (Wildman–Crippen LogP) is 3.36. The van der Waals surface area contributed by atoms with Crippen LogP contribution in [0.4, 0.5) is 0 Å². The van der Waals surface area contributed by atoms with Crippen molar-refractivity contribution in [3.05, 3.63) is 23.8 Å². The van der Waals surface area contributed by atoms with Crippen LogP contribution in [0.2, 0.25) is 0 Å². The summed E-state index contributed by atoms with van der Waals surface area (Å²) in [6.45, 7) is 7.26. The number of likely N-dealkylation sites (tertiary alicyclic amines) is 1. The number of fused-ring (bicyclic) bond motifs is 2. The third-order valence-corrected chi connectivity index (χ3v) is 10.4. The number of hydrogen-bond acceptors (Lipinski definition) is 7. The van der Waals surface area contributed by atoms with Crippen molar-refractivity contribution in [2.24, 2.45) is 16.7 Å². The van der Waals surface area contributed by atoms with Crippen LogP contribution in [-0.4, -0.2) is 74.2 Å². The lowest BCUT2D eigenvalue weighted by molar-refractivity contribution is -0.165. The summed E-state index contributed by atoms with van der Waals surface area (Å²) < 4.78 is 6.11. The first-order valence-electron chi connectivity index (χ1n) is 12.5. The van der Waals surface area contributed by atoms with Gasteiger partial charge in [-0.1, -0.05) is 20.8 Å². The molecule has 0 radical (unpaired) electrons. The first-order valence-corrected chi connectivity index (χ1v) is 13.6. The molecule has 2 saturated carbocycles. The molecule has 0 spiro atoms. The van der Waals surface area contributed by atoms with Crippen molar-refractivity contribution in [1.82, 2.24) is 9.80 Å². The van der Waals surface area contributed by atoms with Gasteiger partial charge in [0.05, 0.1) is 5.88 Å². The molecule has 2 amide bonds. The Bertz CT molecular complexity index is 1060. The molecule has 0 aromatic heterocycles. The number of rotatable bonds is 4. The molecular weight excluding hydrogens is 468 g/mol. The Hall–Kier alpha value is -2.42. The van der Waals surface area contributed by atoms with E-state index in [1.165, 1.54) is 41.3 Å². The van der Waals surface area contributed by atoms with Gasteiger partial charge in [0.15, 0.2) is 11.5 Å². The molecular formula is C26H34N2O6S. The highest BCUT2D eigenvalue weighted by molar-refractivity contribution is 7.99. The van der Waals surface area contributed by atoms with Gasteiger partial charge in [-0.05, 0) is 61.6 Å². The van der Waals surface area contributed by atoms with Gasteiger partial charge >= 0.3 is 5.97 Å². The van der Waals surface area contributed by atoms with Gasteiger partial charge in [-0.2, -0.15) is 0 Å². The van der Waals surface area contributed by atoms with Crippen LogP contribution in [0, 0.1) is 16.7 Å². The van der Waals surface area contributed by atoms with Gasteiger partial charge in [0.2, 0.25) is 5.91 Å². The van der Waals surface area contributed by atoms with Gasteiger partial charge in [-0.3, -0.25) is 9.59 Å². The monoisotopic (exact) mass is 502 g/mol. The molecule has 2 aliphatic heterocycles. The van der Waals surface area contributed by atoms with Crippen LogP contribution < -0.4 is 0 Å². The molecule has 9 heteroatoms. The number of ether oxygens (including phenoxy) is 1. The van der Waals surface area contributed by atoms with Crippen LogP contribution in [0.15, 0.2) is 18.2 Å². The fourth-order valence-corrected chi connectivity index (χ4v) is 7.81. The number of hydrogen-bond donors (Lipinski definition) is 2. The van der Waals surface area contributed by atoms with E-state index in [9.17, 15) is 24.6 Å². The first-order chi connectivity index (χ1) is 16.5. The number of nitrogens with zero attached hydrogens (tertiary/aromatic N) is 2. The van der Waals surface area contributed by atoms with E-state index in [-0.39, 0.29) is 51.8 Å². The highest BCUT2D eigenvalue weighted by atomic mass is 32.2. The quantitative estimate of drug-likeness (QED) is 0.480. The number of thioether (sulfide) groups is 1. The minimum atomic E-state index is -0.684. The maximum absolute atomic E-state index is 13.6. The van der Waals surface area contributed by atoms with Crippen LogP contribution in [0.1, 0.15) is 63.2 Å². The number of benzene rings is 1. The summed E-state index contributed by atoms with van der Waals surface area (Å²) in [6, 6.07) is 2.58. The van der Waals surface area contributed by atoms with E-state index in [0.717, 1.165) is 19.3 Å². The second-order valence-corrected chi connectivity index (χ2v) is 12.2. The standard InChI is InChI=1S/C26H34N2O6S/c1-25(2)16-8-9-26(25,3)21(12-16)34-24(33)17-5-4-10-27(17)23(32)18-13-35-14-28(18)22(31)15-6-7-19(29)20(30)11-15/h6-7,11,16-18,21,29-30H,4-5,8-10,12-14H2,1-3H3. The Morgan fingerprint density at radius 2 is 1.83 bits per heavy atom. The second kappa shape index (κ2) is 8.61. The maximum atomic E-state index is 13.6. The topological polar surface area (TPSA) is 107 Å². The van der Waals surface area contributed by atoms with Gasteiger partial charge in [0.25, 0.3) is 5.91 Å². The van der Waals surface area contributed by atoms with Crippen LogP contribution in [0.25, 0.3) is 0 Å². The van der Waals surface area contributed by atoms with Crippen LogP contribution in [0.3, 0.4) is 0 Å². The molecule has 5 atom stereocenters. The van der Waals surface area contributed by atoms with E-state index in [4.69, 9.17) is 4.74 Å². The molecule has 2 bridgehead atoms. The maximum Gasteiger partial charge on any atom is 0.329 e. The third-order valence-electron chi connectivity index (χ3n) is 9.43. The number of amides is 2. The van der Waals surface area contributed by atoms with Crippen molar-refractivity contribution >= 4 is 29.5 Å². The second-order valence-electron chi connectivity index (χ2n) is 11.2. The lowest BCUT2D eigenvalue weighted by atomic mass is 9.70. The average molecular weight is 503 g/mol. The Kier molecular flexibility index (Phi) is 5.97. The number of carbonyl (C=O) groups is 3. The molecule has 2 aliphatic carbocycles. The molecule has 2 heterocycles. The predicted molar refractivity (Wildman–Crippen MR) is 131 cm³/mol. The van der Waals surface area contributed by atoms with Gasteiger partial charge in [-0.25, -0.2) is 4.79 Å². The van der Waals surface area contributed by atoms with Crippen molar-refractivity contribution in [1.29, 1.82) is 0 Å². The number of aromatic hydroxyl groups is 2. The molecule has 35 heavy (non-hydrogen) atoms. The highest BCUT2D eigenvalue weighted by Crippen LogP contribution is 2.66. The summed E-state index contributed by atoms with van der Waals surface area (Å²) >= 11 is 1.48. The average Bonchev–Trinajstić information content (AvgIpc) is 3.57. The third kappa shape index (κ3) is 3.77. The van der Waals surface area contributed by atoms with Crippen molar-refractivity contribution in [3.63, 3.8) is 0 Å². The molecule has 5 rings (SSSR count). The minimum Gasteiger partial charge on any atom is -0.504 e. The zero-order chi connectivity index (χ0) is 25.1. The Labute approximate surface area is 210 Å². The first kappa shape index (κ1) is 24.3. The summed E-state index contributed by atoms with van der Waals surface area (Å²) in [5, 5.41) is 19.3. The summed E-state index contributed by atoms with van der Waals surface area (Å²) in [6.07, 6.45) is 4.29. The van der Waals surface area contributed by atoms with E-state index in [1.807, 2.05) is 0 Å². The molecule has 8 nitrogen and oxygen atoms in total. The van der Waals surface area contributed by atoms with Gasteiger partial charge in [0.1, 0.15) is 18.2 Å². The lowest BCUT2D eigenvalue weighted by Gasteiger charge is -2.39. The largest absolute Gasteiger partial charge is 0.504 e. The highest BCUT2D eigenvalue weighted by Gasteiger charge is 2.63. The Balaban J connectivity index is 1.28. The minimum absolute atomic E-state index is 0.0399. The number of phenols is 2. The molecule has 4 fully saturated rings. The Morgan fingerprint density at radius 1 is 1.06 bits per heavy atom. The molecule has 2 N–H and O–H groups in total. The zero-order valence-corrected chi connectivity index (χ0v) is 21.3. The van der Waals surface area contributed by atoms with Crippen LogP contribution >= 0.6 is 11.8 Å². The number of esters is 1. The number of phenolic OH excluding ortho intramolecular Hbond substituents is 2. The SMILES string of the molecule is CC1(C)C2CCC1(C)C(OC(=O)C1CCCN1C(=O)C1CSCN1C(=O)c1ccc(O)c(O)c1)C2. The van der Waals surface area contributed by atoms with Gasteiger partial charge < -0.3 is 24.7 Å².